The number of carboxylic acid groups (broad SMARTS) is 1. The predicted octanol–water partition coefficient (Wildman–Crippen LogP) is 2.02. The van der Waals surface area contributed by atoms with Crippen molar-refractivity contribution in [3.05, 3.63) is 29.6 Å². The Kier molecular flexibility index (Phi) is 5.03. The fraction of sp³-hybridized carbons (Fsp3) is 0.529. The molecule has 3 unspecified atom stereocenters. The van der Waals surface area contributed by atoms with Crippen LogP contribution in [0.4, 0.5) is 4.39 Å². The first-order chi connectivity index (χ1) is 12.3. The number of ether oxygens (including phenoxy) is 1. The lowest BCUT2D eigenvalue weighted by Crippen LogP contribution is -2.46. The minimum Gasteiger partial charge on any atom is -0.480 e. The number of esters is 1. The van der Waals surface area contributed by atoms with Crippen LogP contribution in [0.3, 0.4) is 0 Å². The molecule has 0 aromatic heterocycles. The Morgan fingerprint density at radius 1 is 1.27 bits per heavy atom. The molecule has 0 radical (unpaired) electrons. The number of nitrogens with zero attached hydrogens (tertiary/aromatic N) is 1. The van der Waals surface area contributed by atoms with E-state index in [1.165, 1.54) is 6.07 Å². The molecule has 0 spiro atoms. The lowest BCUT2D eigenvalue weighted by molar-refractivity contribution is -0.141. The minimum atomic E-state index is -4.40. The summed E-state index contributed by atoms with van der Waals surface area (Å²) in [5, 5.41) is 9.55. The molecule has 1 aromatic carbocycles. The Bertz CT molecular complexity index is 840. The predicted molar refractivity (Wildman–Crippen MR) is 88.6 cm³/mol. The minimum absolute atomic E-state index is 0.0465. The molecular formula is C17H20FNO6S. The van der Waals surface area contributed by atoms with Crippen molar-refractivity contribution in [1.29, 1.82) is 0 Å². The van der Waals surface area contributed by atoms with Gasteiger partial charge in [-0.1, -0.05) is 18.9 Å². The van der Waals surface area contributed by atoms with Gasteiger partial charge >= 0.3 is 11.9 Å². The van der Waals surface area contributed by atoms with Gasteiger partial charge in [-0.2, -0.15) is 4.31 Å². The average molecular weight is 385 g/mol. The van der Waals surface area contributed by atoms with Gasteiger partial charge in [-0.25, -0.2) is 17.6 Å². The van der Waals surface area contributed by atoms with E-state index in [0.29, 0.717) is 6.42 Å². The fourth-order valence-electron chi connectivity index (χ4n) is 4.11. The number of sulfonamides is 1. The van der Waals surface area contributed by atoms with Crippen LogP contribution in [0.5, 0.6) is 0 Å². The van der Waals surface area contributed by atoms with Gasteiger partial charge in [-0.3, -0.25) is 4.79 Å². The highest BCUT2D eigenvalue weighted by Gasteiger charge is 2.51. The Labute approximate surface area is 150 Å². The zero-order valence-electron chi connectivity index (χ0n) is 14.2. The van der Waals surface area contributed by atoms with Crippen molar-refractivity contribution >= 4 is 22.0 Å². The zero-order valence-corrected chi connectivity index (χ0v) is 15.0. The van der Waals surface area contributed by atoms with Gasteiger partial charge < -0.3 is 9.84 Å². The summed E-state index contributed by atoms with van der Waals surface area (Å²) in [4.78, 5) is 23.1. The largest absolute Gasteiger partial charge is 0.480 e. The smallest absolute Gasteiger partial charge is 0.342 e. The number of aliphatic carboxylic acids is 1. The summed E-state index contributed by atoms with van der Waals surface area (Å²) in [6.07, 6.45) is 3.26. The van der Waals surface area contributed by atoms with Crippen LogP contribution >= 0.6 is 0 Å². The molecule has 7 nitrogen and oxygen atoms in total. The third kappa shape index (κ3) is 2.99. The maximum Gasteiger partial charge on any atom is 0.342 e. The van der Waals surface area contributed by atoms with E-state index >= 15 is 0 Å². The summed E-state index contributed by atoms with van der Waals surface area (Å²) in [5.74, 6) is -3.43. The van der Waals surface area contributed by atoms with Gasteiger partial charge in [0.1, 0.15) is 17.4 Å². The molecule has 3 atom stereocenters. The highest BCUT2D eigenvalue weighted by atomic mass is 32.2. The van der Waals surface area contributed by atoms with E-state index in [-0.39, 0.29) is 12.3 Å². The maximum absolute atomic E-state index is 14.2. The Balaban J connectivity index is 2.14. The molecule has 3 rings (SSSR count). The van der Waals surface area contributed by atoms with Crippen LogP contribution in [0.25, 0.3) is 0 Å². The molecular weight excluding hydrogens is 365 g/mol. The lowest BCUT2D eigenvalue weighted by Gasteiger charge is -2.32. The number of carbonyl (C=O) groups is 2. The van der Waals surface area contributed by atoms with E-state index in [9.17, 15) is 27.5 Å². The van der Waals surface area contributed by atoms with Crippen molar-refractivity contribution in [2.45, 2.75) is 49.1 Å². The molecule has 1 heterocycles. The quantitative estimate of drug-likeness (QED) is 0.796. The van der Waals surface area contributed by atoms with Crippen molar-refractivity contribution < 1.29 is 32.2 Å². The topological polar surface area (TPSA) is 101 Å². The van der Waals surface area contributed by atoms with Crippen molar-refractivity contribution in [3.8, 4) is 0 Å². The van der Waals surface area contributed by atoms with E-state index < -0.39 is 50.3 Å². The maximum atomic E-state index is 14.2. The molecule has 1 saturated carbocycles. The molecule has 142 valence electrons. The fourth-order valence-corrected chi connectivity index (χ4v) is 6.17. The summed E-state index contributed by atoms with van der Waals surface area (Å²) in [6.45, 7) is 0. The summed E-state index contributed by atoms with van der Waals surface area (Å²) in [7, 11) is -3.37. The molecule has 1 aliphatic heterocycles. The third-order valence-electron chi connectivity index (χ3n) is 5.23. The summed E-state index contributed by atoms with van der Waals surface area (Å²) < 4.78 is 46.3. The molecule has 2 fully saturated rings. The number of rotatable bonds is 4. The summed E-state index contributed by atoms with van der Waals surface area (Å²) in [5.41, 5.74) is -0.696. The first-order valence-electron chi connectivity index (χ1n) is 8.42. The van der Waals surface area contributed by atoms with E-state index in [0.717, 1.165) is 42.8 Å². The summed E-state index contributed by atoms with van der Waals surface area (Å²) in [6, 6.07) is 1.58. The number of hydrogen-bond donors (Lipinski definition) is 1. The standard InChI is InChI=1S/C17H20FNO6S/c1-25-17(22)15-11(18)6-4-8-14(15)26(23,24)19-12-7-3-2-5-10(12)9-13(19)16(20)21/h4,6,8,10,12-13H,2-3,5,7,9H2,1H3,(H,20,21). The first-order valence-corrected chi connectivity index (χ1v) is 9.86. The number of halogens is 1. The Hall–Kier alpha value is -2.00. The molecule has 26 heavy (non-hydrogen) atoms. The second-order valence-corrected chi connectivity index (χ2v) is 8.45. The number of carboxylic acids is 1. The van der Waals surface area contributed by atoms with Crippen LogP contribution in [-0.2, 0) is 19.6 Å². The van der Waals surface area contributed by atoms with Crippen LogP contribution in [0, 0.1) is 11.7 Å². The SMILES string of the molecule is COC(=O)c1c(F)cccc1S(=O)(=O)N1C(C(=O)O)CC2CCCCC21. The average Bonchev–Trinajstić information content (AvgIpc) is 3.01. The third-order valence-corrected chi connectivity index (χ3v) is 7.21. The van der Waals surface area contributed by atoms with Gasteiger partial charge in [0, 0.05) is 6.04 Å². The van der Waals surface area contributed by atoms with Gasteiger partial charge in [0.05, 0.1) is 12.0 Å². The van der Waals surface area contributed by atoms with E-state index in [2.05, 4.69) is 4.74 Å². The molecule has 2 aliphatic rings. The number of benzene rings is 1. The van der Waals surface area contributed by atoms with Crippen LogP contribution in [0.1, 0.15) is 42.5 Å². The van der Waals surface area contributed by atoms with E-state index in [4.69, 9.17) is 0 Å². The first kappa shape index (κ1) is 18.8. The molecule has 0 bridgehead atoms. The van der Waals surface area contributed by atoms with Crippen molar-refractivity contribution in [1.82, 2.24) is 4.31 Å². The normalized spacial score (nSPS) is 26.3. The van der Waals surface area contributed by atoms with Crippen LogP contribution in [0.15, 0.2) is 23.1 Å². The molecule has 1 aromatic rings. The number of carbonyl (C=O) groups excluding carboxylic acids is 1. The van der Waals surface area contributed by atoms with E-state index in [1.54, 1.807) is 0 Å². The highest BCUT2D eigenvalue weighted by Crippen LogP contribution is 2.43. The van der Waals surface area contributed by atoms with Gasteiger partial charge in [0.25, 0.3) is 0 Å². The number of hydrogen-bond acceptors (Lipinski definition) is 5. The second-order valence-electron chi connectivity index (χ2n) is 6.64. The lowest BCUT2D eigenvalue weighted by atomic mass is 9.85. The van der Waals surface area contributed by atoms with Gasteiger partial charge in [0.15, 0.2) is 0 Å². The number of fused-ring (bicyclic) bond motifs is 1. The van der Waals surface area contributed by atoms with E-state index in [1.807, 2.05) is 0 Å². The summed E-state index contributed by atoms with van der Waals surface area (Å²) >= 11 is 0. The Morgan fingerprint density at radius 2 is 1.96 bits per heavy atom. The molecule has 1 N–H and O–H groups in total. The molecule has 0 amide bonds. The molecule has 1 aliphatic carbocycles. The van der Waals surface area contributed by atoms with Gasteiger partial charge in [-0.05, 0) is 37.3 Å². The Morgan fingerprint density at radius 3 is 2.62 bits per heavy atom. The van der Waals surface area contributed by atoms with Crippen LogP contribution < -0.4 is 0 Å². The molecule has 9 heteroatoms. The zero-order chi connectivity index (χ0) is 19.1. The second kappa shape index (κ2) is 6.96. The van der Waals surface area contributed by atoms with Crippen molar-refractivity contribution in [2.24, 2.45) is 5.92 Å². The van der Waals surface area contributed by atoms with Gasteiger partial charge in [0.2, 0.25) is 10.0 Å². The van der Waals surface area contributed by atoms with Gasteiger partial charge in [-0.15, -0.1) is 0 Å². The van der Waals surface area contributed by atoms with Crippen molar-refractivity contribution in [2.75, 3.05) is 7.11 Å². The van der Waals surface area contributed by atoms with Crippen molar-refractivity contribution in [3.63, 3.8) is 0 Å². The number of methoxy groups -OCH3 is 1. The highest BCUT2D eigenvalue weighted by molar-refractivity contribution is 7.89. The molecule has 1 saturated heterocycles. The monoisotopic (exact) mass is 385 g/mol. The van der Waals surface area contributed by atoms with Crippen LogP contribution in [-0.4, -0.2) is 49.0 Å². The van der Waals surface area contributed by atoms with Crippen LogP contribution in [0.2, 0.25) is 0 Å².